The summed E-state index contributed by atoms with van der Waals surface area (Å²) in [5, 5.41) is 3.34. The van der Waals surface area contributed by atoms with Gasteiger partial charge in [0.15, 0.2) is 0 Å². The number of hydrogen-bond donors (Lipinski definition) is 1. The van der Waals surface area contributed by atoms with Crippen LogP contribution in [0.5, 0.6) is 0 Å². The highest BCUT2D eigenvalue weighted by molar-refractivity contribution is 5.76. The highest BCUT2D eigenvalue weighted by Gasteiger charge is 2.20. The Labute approximate surface area is 123 Å². The molecule has 1 aliphatic heterocycles. The fourth-order valence-electron chi connectivity index (χ4n) is 2.46. The van der Waals surface area contributed by atoms with Crippen LogP contribution < -0.4 is 5.32 Å². The summed E-state index contributed by atoms with van der Waals surface area (Å²) in [6.07, 6.45) is 2.88. The summed E-state index contributed by atoms with van der Waals surface area (Å²) >= 11 is 0. The first-order valence-corrected chi connectivity index (χ1v) is 7.91. The molecule has 118 valence electrons. The summed E-state index contributed by atoms with van der Waals surface area (Å²) in [5.41, 5.74) is 0. The van der Waals surface area contributed by atoms with E-state index in [2.05, 4.69) is 5.32 Å². The maximum Gasteiger partial charge on any atom is 0.223 e. The zero-order chi connectivity index (χ0) is 14.6. The van der Waals surface area contributed by atoms with Gasteiger partial charge < -0.3 is 19.7 Å². The maximum absolute atomic E-state index is 12.4. The number of nitrogens with zero attached hydrogens (tertiary/aromatic N) is 1. The molecule has 0 aliphatic carbocycles. The van der Waals surface area contributed by atoms with Gasteiger partial charge in [-0.25, -0.2) is 0 Å². The summed E-state index contributed by atoms with van der Waals surface area (Å²) in [6.45, 7) is 9.98. The standard InChI is InChI=1S/C15H30N2O3/c1-3-19-11-9-17(10-12-20-4-2)15(18)13-14-5-7-16-8-6-14/h14,16H,3-13H2,1-2H3. The number of carbonyl (C=O) groups excluding carboxylic acids is 1. The molecule has 0 atom stereocenters. The minimum absolute atomic E-state index is 0.247. The molecule has 20 heavy (non-hydrogen) atoms. The van der Waals surface area contributed by atoms with E-state index < -0.39 is 0 Å². The Kier molecular flexibility index (Phi) is 9.62. The van der Waals surface area contributed by atoms with Crippen molar-refractivity contribution < 1.29 is 14.3 Å². The molecule has 1 N–H and O–H groups in total. The first kappa shape index (κ1) is 17.4. The zero-order valence-electron chi connectivity index (χ0n) is 13.0. The number of carbonyl (C=O) groups is 1. The first-order chi connectivity index (χ1) is 9.77. The SMILES string of the molecule is CCOCCN(CCOCC)C(=O)CC1CCNCC1. The summed E-state index contributed by atoms with van der Waals surface area (Å²) < 4.78 is 10.7. The van der Waals surface area contributed by atoms with Gasteiger partial charge in [0.05, 0.1) is 13.2 Å². The fraction of sp³-hybridized carbons (Fsp3) is 0.933. The summed E-state index contributed by atoms with van der Waals surface area (Å²) in [7, 11) is 0. The van der Waals surface area contributed by atoms with Crippen molar-refractivity contribution in [3.8, 4) is 0 Å². The third kappa shape index (κ3) is 7.22. The molecule has 1 fully saturated rings. The molecule has 0 unspecified atom stereocenters. The van der Waals surface area contributed by atoms with Crippen LogP contribution in [0.15, 0.2) is 0 Å². The third-order valence-electron chi connectivity index (χ3n) is 3.69. The van der Waals surface area contributed by atoms with Crippen molar-refractivity contribution in [2.24, 2.45) is 5.92 Å². The van der Waals surface area contributed by atoms with E-state index in [0.717, 1.165) is 25.9 Å². The van der Waals surface area contributed by atoms with Crippen molar-refractivity contribution in [2.45, 2.75) is 33.1 Å². The van der Waals surface area contributed by atoms with Gasteiger partial charge in [0.25, 0.3) is 0 Å². The lowest BCUT2D eigenvalue weighted by molar-refractivity contribution is -0.134. The average Bonchev–Trinajstić information content (AvgIpc) is 2.47. The topological polar surface area (TPSA) is 50.8 Å². The predicted octanol–water partition coefficient (Wildman–Crippen LogP) is 1.28. The molecule has 5 heteroatoms. The lowest BCUT2D eigenvalue weighted by Gasteiger charge is -2.27. The Hall–Kier alpha value is -0.650. The Morgan fingerprint density at radius 1 is 1.10 bits per heavy atom. The predicted molar refractivity (Wildman–Crippen MR) is 79.8 cm³/mol. The number of nitrogens with one attached hydrogen (secondary N) is 1. The number of amides is 1. The van der Waals surface area contributed by atoms with Crippen molar-refractivity contribution in [1.82, 2.24) is 10.2 Å². The van der Waals surface area contributed by atoms with Gasteiger partial charge in [-0.05, 0) is 45.7 Å². The van der Waals surface area contributed by atoms with E-state index in [-0.39, 0.29) is 5.91 Å². The van der Waals surface area contributed by atoms with Gasteiger partial charge in [0.1, 0.15) is 0 Å². The Morgan fingerprint density at radius 3 is 2.15 bits per heavy atom. The molecule has 1 saturated heterocycles. The van der Waals surface area contributed by atoms with E-state index in [1.54, 1.807) is 0 Å². The largest absolute Gasteiger partial charge is 0.380 e. The maximum atomic E-state index is 12.4. The van der Waals surface area contributed by atoms with E-state index in [1.165, 1.54) is 0 Å². The molecule has 0 aromatic rings. The molecule has 1 amide bonds. The van der Waals surface area contributed by atoms with Gasteiger partial charge >= 0.3 is 0 Å². The van der Waals surface area contributed by atoms with Crippen molar-refractivity contribution >= 4 is 5.91 Å². The molecule has 0 aromatic heterocycles. The normalized spacial score (nSPS) is 16.3. The van der Waals surface area contributed by atoms with Crippen molar-refractivity contribution in [1.29, 1.82) is 0 Å². The van der Waals surface area contributed by atoms with Crippen molar-refractivity contribution in [3.05, 3.63) is 0 Å². The zero-order valence-corrected chi connectivity index (χ0v) is 13.0. The molecular weight excluding hydrogens is 256 g/mol. The van der Waals surface area contributed by atoms with Crippen LogP contribution in [0.1, 0.15) is 33.1 Å². The van der Waals surface area contributed by atoms with Crippen LogP contribution in [-0.4, -0.2) is 63.4 Å². The van der Waals surface area contributed by atoms with E-state index in [4.69, 9.17) is 9.47 Å². The van der Waals surface area contributed by atoms with E-state index in [0.29, 0.717) is 51.9 Å². The lowest BCUT2D eigenvalue weighted by atomic mass is 9.94. The monoisotopic (exact) mass is 286 g/mol. The molecule has 1 heterocycles. The van der Waals surface area contributed by atoms with Gasteiger partial charge in [-0.2, -0.15) is 0 Å². The summed E-state index contributed by atoms with van der Waals surface area (Å²) in [6, 6.07) is 0. The van der Waals surface area contributed by atoms with Crippen molar-refractivity contribution in [3.63, 3.8) is 0 Å². The molecule has 0 aromatic carbocycles. The van der Waals surface area contributed by atoms with Crippen LogP contribution in [0.2, 0.25) is 0 Å². The van der Waals surface area contributed by atoms with Gasteiger partial charge in [-0.3, -0.25) is 4.79 Å². The Morgan fingerprint density at radius 2 is 1.65 bits per heavy atom. The van der Waals surface area contributed by atoms with E-state index in [9.17, 15) is 4.79 Å². The molecule has 0 saturated carbocycles. The highest BCUT2D eigenvalue weighted by atomic mass is 16.5. The van der Waals surface area contributed by atoms with Crippen LogP contribution in [-0.2, 0) is 14.3 Å². The van der Waals surface area contributed by atoms with Gasteiger partial charge in [-0.15, -0.1) is 0 Å². The van der Waals surface area contributed by atoms with Gasteiger partial charge in [0.2, 0.25) is 5.91 Å². The van der Waals surface area contributed by atoms with Crippen LogP contribution in [0.4, 0.5) is 0 Å². The Bertz CT molecular complexity index is 246. The lowest BCUT2D eigenvalue weighted by Crippen LogP contribution is -2.39. The van der Waals surface area contributed by atoms with Crippen LogP contribution in [0, 0.1) is 5.92 Å². The second-order valence-electron chi connectivity index (χ2n) is 5.17. The van der Waals surface area contributed by atoms with Gasteiger partial charge in [0, 0.05) is 32.7 Å². The second-order valence-corrected chi connectivity index (χ2v) is 5.17. The van der Waals surface area contributed by atoms with Gasteiger partial charge in [-0.1, -0.05) is 0 Å². The molecule has 0 bridgehead atoms. The minimum atomic E-state index is 0.247. The molecule has 1 rings (SSSR count). The first-order valence-electron chi connectivity index (χ1n) is 7.91. The van der Waals surface area contributed by atoms with Crippen molar-refractivity contribution in [2.75, 3.05) is 52.6 Å². The number of ether oxygens (including phenoxy) is 2. The molecule has 0 radical (unpaired) electrons. The molecule has 5 nitrogen and oxygen atoms in total. The molecule has 1 aliphatic rings. The second kappa shape index (κ2) is 11.1. The molecular formula is C15H30N2O3. The number of rotatable bonds is 10. The minimum Gasteiger partial charge on any atom is -0.380 e. The number of piperidine rings is 1. The molecule has 0 spiro atoms. The summed E-state index contributed by atoms with van der Waals surface area (Å²) in [5.74, 6) is 0.779. The summed E-state index contributed by atoms with van der Waals surface area (Å²) in [4.78, 5) is 14.3. The fourth-order valence-corrected chi connectivity index (χ4v) is 2.46. The van der Waals surface area contributed by atoms with Crippen LogP contribution in [0.3, 0.4) is 0 Å². The Balaban J connectivity index is 2.35. The highest BCUT2D eigenvalue weighted by Crippen LogP contribution is 2.17. The van der Waals surface area contributed by atoms with Crippen LogP contribution >= 0.6 is 0 Å². The van der Waals surface area contributed by atoms with Crippen LogP contribution in [0.25, 0.3) is 0 Å². The third-order valence-corrected chi connectivity index (χ3v) is 3.69. The average molecular weight is 286 g/mol. The number of hydrogen-bond acceptors (Lipinski definition) is 4. The smallest absolute Gasteiger partial charge is 0.223 e. The van der Waals surface area contributed by atoms with E-state index >= 15 is 0 Å². The van der Waals surface area contributed by atoms with E-state index in [1.807, 2.05) is 18.7 Å². The quantitative estimate of drug-likeness (QED) is 0.615.